The molecule has 0 radical (unpaired) electrons. The van der Waals surface area contributed by atoms with E-state index in [2.05, 4.69) is 10.2 Å². The second-order valence-electron chi connectivity index (χ2n) is 5.18. The molecule has 7 nitrogen and oxygen atoms in total. The standard InChI is InChI=1S/C12H18ClN3O4S/c1-8-11(21(13,18)19)10(15-14-8)12(17)16-5-3-4-9(6-16)7-20-2/h9H,3-7H2,1-2H3,(H,14,15). The third-order valence-electron chi connectivity index (χ3n) is 3.55. The molecule has 9 heteroatoms. The molecule has 1 saturated heterocycles. The fourth-order valence-corrected chi connectivity index (χ4v) is 3.97. The number of halogens is 1. The highest BCUT2D eigenvalue weighted by Gasteiger charge is 2.32. The predicted octanol–water partition coefficient (Wildman–Crippen LogP) is 1.14. The van der Waals surface area contributed by atoms with E-state index < -0.39 is 15.0 Å². The van der Waals surface area contributed by atoms with Gasteiger partial charge in [-0.1, -0.05) is 0 Å². The lowest BCUT2D eigenvalue weighted by atomic mass is 9.99. The van der Waals surface area contributed by atoms with Crippen molar-refractivity contribution in [2.45, 2.75) is 24.7 Å². The summed E-state index contributed by atoms with van der Waals surface area (Å²) in [5.74, 6) is -0.164. The normalized spacial score (nSPS) is 19.8. The van der Waals surface area contributed by atoms with Gasteiger partial charge in [0.05, 0.1) is 12.3 Å². The van der Waals surface area contributed by atoms with E-state index in [0.717, 1.165) is 12.8 Å². The first-order valence-corrected chi connectivity index (χ1v) is 8.93. The summed E-state index contributed by atoms with van der Waals surface area (Å²) in [6.07, 6.45) is 1.84. The Kier molecular flexibility index (Phi) is 4.90. The Labute approximate surface area is 128 Å². The van der Waals surface area contributed by atoms with Gasteiger partial charge in [-0.05, 0) is 25.7 Å². The maximum absolute atomic E-state index is 12.5. The number of aryl methyl sites for hydroxylation is 1. The van der Waals surface area contributed by atoms with E-state index in [1.165, 1.54) is 6.92 Å². The molecule has 1 aromatic heterocycles. The summed E-state index contributed by atoms with van der Waals surface area (Å²) in [4.78, 5) is 13.9. The molecule has 1 N–H and O–H groups in total. The highest BCUT2D eigenvalue weighted by atomic mass is 35.7. The lowest BCUT2D eigenvalue weighted by Crippen LogP contribution is -2.41. The van der Waals surface area contributed by atoms with Crippen LogP contribution in [0, 0.1) is 12.8 Å². The van der Waals surface area contributed by atoms with Crippen LogP contribution in [-0.2, 0) is 13.8 Å². The molecular formula is C12H18ClN3O4S. The van der Waals surface area contributed by atoms with E-state index in [1.807, 2.05) is 0 Å². The zero-order valence-electron chi connectivity index (χ0n) is 11.9. The van der Waals surface area contributed by atoms with Crippen LogP contribution < -0.4 is 0 Å². The first kappa shape index (κ1) is 16.3. The average molecular weight is 336 g/mol. The van der Waals surface area contributed by atoms with E-state index in [1.54, 1.807) is 12.0 Å². The van der Waals surface area contributed by atoms with E-state index in [4.69, 9.17) is 15.4 Å². The van der Waals surface area contributed by atoms with E-state index >= 15 is 0 Å². The lowest BCUT2D eigenvalue weighted by Gasteiger charge is -2.32. The van der Waals surface area contributed by atoms with Crippen molar-refractivity contribution >= 4 is 25.6 Å². The summed E-state index contributed by atoms with van der Waals surface area (Å²) in [7, 11) is 2.99. The van der Waals surface area contributed by atoms with Crippen LogP contribution in [-0.4, -0.2) is 56.2 Å². The molecule has 0 spiro atoms. The van der Waals surface area contributed by atoms with Crippen LogP contribution in [0.15, 0.2) is 4.90 Å². The molecule has 1 amide bonds. The van der Waals surface area contributed by atoms with Gasteiger partial charge in [0.1, 0.15) is 4.90 Å². The summed E-state index contributed by atoms with van der Waals surface area (Å²) >= 11 is 0. The third-order valence-corrected chi connectivity index (χ3v) is 5.00. The second-order valence-corrected chi connectivity index (χ2v) is 7.68. The number of methoxy groups -OCH3 is 1. The van der Waals surface area contributed by atoms with Gasteiger partial charge >= 0.3 is 0 Å². The lowest BCUT2D eigenvalue weighted by molar-refractivity contribution is 0.0562. The molecule has 1 aliphatic rings. The van der Waals surface area contributed by atoms with Crippen molar-refractivity contribution in [3.8, 4) is 0 Å². The number of ether oxygens (including phenoxy) is 1. The number of hydrogen-bond donors (Lipinski definition) is 1. The molecule has 2 rings (SSSR count). The Morgan fingerprint density at radius 2 is 2.29 bits per heavy atom. The molecule has 21 heavy (non-hydrogen) atoms. The van der Waals surface area contributed by atoms with Gasteiger partial charge in [0.2, 0.25) is 0 Å². The van der Waals surface area contributed by atoms with Crippen LogP contribution >= 0.6 is 10.7 Å². The van der Waals surface area contributed by atoms with Gasteiger partial charge in [-0.3, -0.25) is 9.89 Å². The molecule has 0 aromatic carbocycles. The van der Waals surface area contributed by atoms with Crippen LogP contribution in [0.5, 0.6) is 0 Å². The number of rotatable bonds is 4. The van der Waals surface area contributed by atoms with Gasteiger partial charge in [-0.15, -0.1) is 0 Å². The number of H-pyrrole nitrogens is 1. The number of carbonyl (C=O) groups is 1. The van der Waals surface area contributed by atoms with Crippen LogP contribution in [0.3, 0.4) is 0 Å². The van der Waals surface area contributed by atoms with Gasteiger partial charge in [-0.2, -0.15) is 5.10 Å². The van der Waals surface area contributed by atoms with Crippen molar-refractivity contribution in [2.24, 2.45) is 5.92 Å². The van der Waals surface area contributed by atoms with Crippen molar-refractivity contribution < 1.29 is 17.9 Å². The average Bonchev–Trinajstić information content (AvgIpc) is 2.80. The minimum Gasteiger partial charge on any atom is -0.384 e. The van der Waals surface area contributed by atoms with Crippen LogP contribution in [0.25, 0.3) is 0 Å². The van der Waals surface area contributed by atoms with Gasteiger partial charge < -0.3 is 9.64 Å². The summed E-state index contributed by atoms with van der Waals surface area (Å²) in [6, 6.07) is 0. The Morgan fingerprint density at radius 1 is 1.57 bits per heavy atom. The van der Waals surface area contributed by atoms with Crippen LogP contribution in [0.4, 0.5) is 0 Å². The molecule has 0 bridgehead atoms. The Hall–Kier alpha value is -1.12. The maximum Gasteiger partial charge on any atom is 0.275 e. The molecule has 2 heterocycles. The van der Waals surface area contributed by atoms with E-state index in [0.29, 0.717) is 19.7 Å². The minimum absolute atomic E-state index is 0.138. The van der Waals surface area contributed by atoms with E-state index in [9.17, 15) is 13.2 Å². The number of piperidine rings is 1. The largest absolute Gasteiger partial charge is 0.384 e. The number of carbonyl (C=O) groups excluding carboxylic acids is 1. The highest BCUT2D eigenvalue weighted by molar-refractivity contribution is 8.13. The Morgan fingerprint density at radius 3 is 2.90 bits per heavy atom. The van der Waals surface area contributed by atoms with Crippen molar-refractivity contribution in [1.29, 1.82) is 0 Å². The molecule has 0 aliphatic carbocycles. The summed E-state index contributed by atoms with van der Waals surface area (Å²) in [5.41, 5.74) is 0.124. The zero-order valence-corrected chi connectivity index (χ0v) is 13.5. The highest BCUT2D eigenvalue weighted by Crippen LogP contribution is 2.25. The summed E-state index contributed by atoms with van der Waals surface area (Å²) in [6.45, 7) is 3.19. The quantitative estimate of drug-likeness (QED) is 0.833. The molecular weight excluding hydrogens is 318 g/mol. The van der Waals surface area contributed by atoms with Crippen molar-refractivity contribution in [3.63, 3.8) is 0 Å². The third kappa shape index (κ3) is 3.56. The molecule has 1 fully saturated rings. The number of likely N-dealkylation sites (tertiary alicyclic amines) is 1. The molecule has 1 aliphatic heterocycles. The van der Waals surface area contributed by atoms with Gasteiger partial charge in [0.25, 0.3) is 15.0 Å². The van der Waals surface area contributed by atoms with Crippen molar-refractivity contribution in [2.75, 3.05) is 26.8 Å². The number of nitrogens with zero attached hydrogens (tertiary/aromatic N) is 2. The second kappa shape index (κ2) is 6.33. The number of nitrogens with one attached hydrogen (secondary N) is 1. The van der Waals surface area contributed by atoms with Gasteiger partial charge in [0, 0.05) is 30.9 Å². The van der Waals surface area contributed by atoms with E-state index in [-0.39, 0.29) is 22.2 Å². The molecule has 1 aromatic rings. The number of aromatic amines is 1. The Bertz CT molecular complexity index is 626. The first-order chi connectivity index (χ1) is 9.84. The smallest absolute Gasteiger partial charge is 0.275 e. The number of amides is 1. The number of hydrogen-bond acceptors (Lipinski definition) is 5. The summed E-state index contributed by atoms with van der Waals surface area (Å²) in [5, 5.41) is 6.33. The fraction of sp³-hybridized carbons (Fsp3) is 0.667. The van der Waals surface area contributed by atoms with Crippen LogP contribution in [0.1, 0.15) is 29.0 Å². The van der Waals surface area contributed by atoms with Gasteiger partial charge in [-0.25, -0.2) is 8.42 Å². The predicted molar refractivity (Wildman–Crippen MR) is 76.9 cm³/mol. The maximum atomic E-state index is 12.5. The van der Waals surface area contributed by atoms with Gasteiger partial charge in [0.15, 0.2) is 5.69 Å². The summed E-state index contributed by atoms with van der Waals surface area (Å²) < 4.78 is 28.3. The fourth-order valence-electron chi connectivity index (χ4n) is 2.63. The number of aromatic nitrogens is 2. The minimum atomic E-state index is -4.02. The Balaban J connectivity index is 2.25. The molecule has 118 valence electrons. The zero-order chi connectivity index (χ0) is 15.6. The van der Waals surface area contributed by atoms with Crippen molar-refractivity contribution in [3.05, 3.63) is 11.4 Å². The topological polar surface area (TPSA) is 92.4 Å². The SMILES string of the molecule is COCC1CCCN(C(=O)c2n[nH]c(C)c2S(=O)(=O)Cl)C1. The monoisotopic (exact) mass is 335 g/mol. The molecule has 1 atom stereocenters. The first-order valence-electron chi connectivity index (χ1n) is 6.62. The van der Waals surface area contributed by atoms with Crippen LogP contribution in [0.2, 0.25) is 0 Å². The molecule has 0 saturated carbocycles. The molecule has 1 unspecified atom stereocenters. The van der Waals surface area contributed by atoms with Crippen molar-refractivity contribution in [1.82, 2.24) is 15.1 Å².